The molecular formula is C67H46N2. The van der Waals surface area contributed by atoms with Crippen molar-refractivity contribution in [3.63, 3.8) is 0 Å². The first-order valence-corrected chi connectivity index (χ1v) is 23.8. The SMILES string of the molecule is c1ccc(-c2ccc(N(c3ccc(-c4ccc(-c5ccccc5-n5c6ccccc6c6ccccc65)cc4)cc3)c3ccc4c(c3)C(c3ccccc3)(c3ccccc3)c3ccccc3-4)cc2)cc1. The number of rotatable bonds is 9. The Balaban J connectivity index is 0.907. The van der Waals surface area contributed by atoms with Crippen molar-refractivity contribution in [2.45, 2.75) is 5.41 Å². The molecule has 2 nitrogen and oxygen atoms in total. The molecule has 1 aliphatic carbocycles. The Kier molecular flexibility index (Phi) is 9.77. The summed E-state index contributed by atoms with van der Waals surface area (Å²) in [4.78, 5) is 2.41. The van der Waals surface area contributed by atoms with E-state index in [9.17, 15) is 0 Å². The van der Waals surface area contributed by atoms with Gasteiger partial charge in [-0.2, -0.15) is 0 Å². The van der Waals surface area contributed by atoms with Gasteiger partial charge in [-0.15, -0.1) is 0 Å². The van der Waals surface area contributed by atoms with E-state index >= 15 is 0 Å². The molecule has 1 heterocycles. The third-order valence-electron chi connectivity index (χ3n) is 14.3. The molecule has 0 amide bonds. The van der Waals surface area contributed by atoms with Gasteiger partial charge in [-0.25, -0.2) is 0 Å². The molecule has 1 aliphatic rings. The average Bonchev–Trinajstić information content (AvgIpc) is 3.93. The van der Waals surface area contributed by atoms with E-state index in [1.54, 1.807) is 0 Å². The van der Waals surface area contributed by atoms with Gasteiger partial charge in [0.1, 0.15) is 0 Å². The zero-order valence-corrected chi connectivity index (χ0v) is 38.0. The van der Waals surface area contributed by atoms with Crippen LogP contribution >= 0.6 is 0 Å². The molecule has 0 radical (unpaired) electrons. The number of hydrogen-bond donors (Lipinski definition) is 0. The van der Waals surface area contributed by atoms with E-state index in [2.05, 4.69) is 289 Å². The van der Waals surface area contributed by atoms with E-state index in [0.29, 0.717) is 0 Å². The fraction of sp³-hybridized carbons (Fsp3) is 0.0149. The van der Waals surface area contributed by atoms with Crippen molar-refractivity contribution in [2.75, 3.05) is 4.90 Å². The molecule has 0 fully saturated rings. The number of para-hydroxylation sites is 3. The molecule has 0 spiro atoms. The monoisotopic (exact) mass is 878 g/mol. The first-order chi connectivity index (χ1) is 34.2. The van der Waals surface area contributed by atoms with E-state index in [1.807, 2.05) is 0 Å². The molecule has 12 aromatic rings. The van der Waals surface area contributed by atoms with Gasteiger partial charge in [0, 0.05) is 33.4 Å². The van der Waals surface area contributed by atoms with Crippen LogP contribution < -0.4 is 4.90 Å². The zero-order valence-electron chi connectivity index (χ0n) is 38.0. The van der Waals surface area contributed by atoms with Gasteiger partial charge in [0.25, 0.3) is 0 Å². The van der Waals surface area contributed by atoms with E-state index < -0.39 is 5.41 Å². The summed E-state index contributed by atoms with van der Waals surface area (Å²) in [6.45, 7) is 0. The van der Waals surface area contributed by atoms with Crippen LogP contribution in [-0.2, 0) is 5.41 Å². The lowest BCUT2D eigenvalue weighted by molar-refractivity contribution is 0.768. The maximum Gasteiger partial charge on any atom is 0.0714 e. The van der Waals surface area contributed by atoms with Crippen LogP contribution in [0.5, 0.6) is 0 Å². The lowest BCUT2D eigenvalue weighted by Gasteiger charge is -2.35. The van der Waals surface area contributed by atoms with Crippen molar-refractivity contribution in [3.8, 4) is 50.2 Å². The van der Waals surface area contributed by atoms with Crippen LogP contribution in [-0.4, -0.2) is 4.57 Å². The Morgan fingerprint density at radius 1 is 0.275 bits per heavy atom. The summed E-state index contributed by atoms with van der Waals surface area (Å²) in [5, 5.41) is 2.53. The summed E-state index contributed by atoms with van der Waals surface area (Å²) < 4.78 is 2.41. The van der Waals surface area contributed by atoms with Gasteiger partial charge < -0.3 is 9.47 Å². The van der Waals surface area contributed by atoms with Gasteiger partial charge in [0.05, 0.1) is 22.1 Å². The minimum absolute atomic E-state index is 0.507. The molecule has 0 N–H and O–H groups in total. The highest BCUT2D eigenvalue weighted by molar-refractivity contribution is 6.09. The minimum Gasteiger partial charge on any atom is -0.310 e. The Morgan fingerprint density at radius 2 is 0.681 bits per heavy atom. The van der Waals surface area contributed by atoms with E-state index in [1.165, 1.54) is 88.7 Å². The fourth-order valence-electron chi connectivity index (χ4n) is 11.2. The molecular weight excluding hydrogens is 833 g/mol. The molecule has 69 heavy (non-hydrogen) atoms. The van der Waals surface area contributed by atoms with Crippen LogP contribution in [0.25, 0.3) is 72.0 Å². The maximum atomic E-state index is 2.45. The normalized spacial score (nSPS) is 12.5. The third-order valence-corrected chi connectivity index (χ3v) is 14.3. The lowest BCUT2D eigenvalue weighted by atomic mass is 9.67. The Hall–Kier alpha value is -8.98. The number of anilines is 3. The zero-order chi connectivity index (χ0) is 45.7. The number of fused-ring (bicyclic) bond motifs is 6. The van der Waals surface area contributed by atoms with Crippen molar-refractivity contribution in [1.29, 1.82) is 0 Å². The summed E-state index contributed by atoms with van der Waals surface area (Å²) in [6.07, 6.45) is 0. The minimum atomic E-state index is -0.507. The summed E-state index contributed by atoms with van der Waals surface area (Å²) in [5.74, 6) is 0. The highest BCUT2D eigenvalue weighted by atomic mass is 15.1. The topological polar surface area (TPSA) is 8.17 Å². The second kappa shape index (κ2) is 16.7. The molecule has 1 aromatic heterocycles. The van der Waals surface area contributed by atoms with Crippen molar-refractivity contribution < 1.29 is 0 Å². The first kappa shape index (κ1) is 40.3. The largest absolute Gasteiger partial charge is 0.310 e. The first-order valence-electron chi connectivity index (χ1n) is 23.8. The highest BCUT2D eigenvalue weighted by Crippen LogP contribution is 2.57. The fourth-order valence-corrected chi connectivity index (χ4v) is 11.2. The number of aromatic nitrogens is 1. The predicted molar refractivity (Wildman–Crippen MR) is 289 cm³/mol. The average molecular weight is 879 g/mol. The molecule has 0 saturated carbocycles. The predicted octanol–water partition coefficient (Wildman–Crippen LogP) is 17.6. The van der Waals surface area contributed by atoms with Gasteiger partial charge in [0.2, 0.25) is 0 Å². The summed E-state index contributed by atoms with van der Waals surface area (Å²) in [5.41, 5.74) is 21.1. The molecule has 0 unspecified atom stereocenters. The molecule has 0 aliphatic heterocycles. The van der Waals surface area contributed by atoms with Crippen molar-refractivity contribution in [1.82, 2.24) is 4.57 Å². The smallest absolute Gasteiger partial charge is 0.0714 e. The van der Waals surface area contributed by atoms with Gasteiger partial charge in [0.15, 0.2) is 0 Å². The van der Waals surface area contributed by atoms with E-state index in [0.717, 1.165) is 22.6 Å². The second-order valence-corrected chi connectivity index (χ2v) is 18.0. The summed E-state index contributed by atoms with van der Waals surface area (Å²) in [7, 11) is 0. The molecule has 324 valence electrons. The highest BCUT2D eigenvalue weighted by Gasteiger charge is 2.46. The Labute approximate surface area is 403 Å². The molecule has 2 heteroatoms. The van der Waals surface area contributed by atoms with Gasteiger partial charge in [-0.1, -0.05) is 224 Å². The number of nitrogens with zero attached hydrogens (tertiary/aromatic N) is 2. The maximum absolute atomic E-state index is 2.45. The van der Waals surface area contributed by atoms with E-state index in [4.69, 9.17) is 0 Å². The van der Waals surface area contributed by atoms with Gasteiger partial charge in [-0.05, 0) is 116 Å². The Morgan fingerprint density at radius 3 is 1.26 bits per heavy atom. The van der Waals surface area contributed by atoms with Crippen molar-refractivity contribution in [2.24, 2.45) is 0 Å². The summed E-state index contributed by atoms with van der Waals surface area (Å²) in [6, 6.07) is 102. The van der Waals surface area contributed by atoms with Crippen molar-refractivity contribution >= 4 is 38.9 Å². The molecule has 13 rings (SSSR count). The number of hydrogen-bond acceptors (Lipinski definition) is 1. The molecule has 0 atom stereocenters. The van der Waals surface area contributed by atoms with Gasteiger partial charge in [-0.3, -0.25) is 0 Å². The van der Waals surface area contributed by atoms with Crippen LogP contribution in [0.2, 0.25) is 0 Å². The van der Waals surface area contributed by atoms with Crippen LogP contribution in [0.4, 0.5) is 17.1 Å². The lowest BCUT2D eigenvalue weighted by Crippen LogP contribution is -2.28. The van der Waals surface area contributed by atoms with Crippen LogP contribution in [0.3, 0.4) is 0 Å². The van der Waals surface area contributed by atoms with Crippen LogP contribution in [0.1, 0.15) is 22.3 Å². The van der Waals surface area contributed by atoms with Crippen LogP contribution in [0, 0.1) is 0 Å². The second-order valence-electron chi connectivity index (χ2n) is 18.0. The number of benzene rings is 11. The molecule has 11 aromatic carbocycles. The molecule has 0 bridgehead atoms. The van der Waals surface area contributed by atoms with Gasteiger partial charge >= 0.3 is 0 Å². The quantitative estimate of drug-likeness (QED) is 0.140. The van der Waals surface area contributed by atoms with E-state index in [-0.39, 0.29) is 0 Å². The van der Waals surface area contributed by atoms with Crippen LogP contribution in [0.15, 0.2) is 279 Å². The third kappa shape index (κ3) is 6.64. The summed E-state index contributed by atoms with van der Waals surface area (Å²) >= 11 is 0. The Bertz CT molecular complexity index is 3700. The van der Waals surface area contributed by atoms with Crippen molar-refractivity contribution in [3.05, 3.63) is 301 Å². The standard InChI is InChI=1S/C67H46N2/c1-4-18-47(19-5-1)49-36-40-54(41-37-49)68(56-44-45-59-58-25-10-14-28-62(58)67(63(59)46-56,52-20-6-2-7-21-52)53-22-8-3-9-23-53)55-42-38-50(39-43-55)48-32-34-51(35-33-48)57-24-11-15-29-64(57)69-65-30-16-12-26-60(65)61-27-13-17-31-66(61)69/h1-46H. The molecule has 0 saturated heterocycles.